The molecule has 2 nitrogen and oxygen atoms in total. The molecule has 0 aliphatic carbocycles. The van der Waals surface area contributed by atoms with Gasteiger partial charge in [-0.1, -0.05) is 12.2 Å². The van der Waals surface area contributed by atoms with Gasteiger partial charge in [-0.15, -0.1) is 0 Å². The quantitative estimate of drug-likeness (QED) is 0.817. The largest absolute Gasteiger partial charge is 0.369 e. The first-order valence-corrected chi connectivity index (χ1v) is 4.41. The summed E-state index contributed by atoms with van der Waals surface area (Å²) < 4.78 is 26.0. The second kappa shape index (κ2) is 4.68. The Kier molecular flexibility index (Phi) is 3.55. The molecule has 1 rings (SSSR count). The fourth-order valence-corrected chi connectivity index (χ4v) is 1.11. The van der Waals surface area contributed by atoms with E-state index >= 15 is 0 Å². The highest BCUT2D eigenvalue weighted by Gasteiger charge is 2.04. The summed E-state index contributed by atoms with van der Waals surface area (Å²) in [7, 11) is 0. The summed E-state index contributed by atoms with van der Waals surface area (Å²) in [4.78, 5) is 10.4. The minimum Gasteiger partial charge on any atom is -0.369 e. The first-order valence-electron chi connectivity index (χ1n) is 4.41. The van der Waals surface area contributed by atoms with Crippen molar-refractivity contribution in [1.82, 2.24) is 0 Å². The van der Waals surface area contributed by atoms with Crippen molar-refractivity contribution in [2.45, 2.75) is 13.3 Å². The van der Waals surface area contributed by atoms with Gasteiger partial charge in [0.2, 0.25) is 5.91 Å². The maximum atomic E-state index is 13.1. The number of nitrogens with two attached hydrogens (primary N) is 1. The van der Waals surface area contributed by atoms with E-state index in [1.54, 1.807) is 6.92 Å². The predicted molar refractivity (Wildman–Crippen MR) is 53.9 cm³/mol. The lowest BCUT2D eigenvalue weighted by Crippen LogP contribution is -2.07. The zero-order chi connectivity index (χ0) is 11.4. The summed E-state index contributed by atoms with van der Waals surface area (Å²) in [6.07, 6.45) is 2.89. The van der Waals surface area contributed by atoms with E-state index in [0.717, 1.165) is 6.07 Å². The summed E-state index contributed by atoms with van der Waals surface area (Å²) in [6, 6.07) is 2.20. The van der Waals surface area contributed by atoms with Crippen LogP contribution in [0.15, 0.2) is 18.2 Å². The van der Waals surface area contributed by atoms with E-state index < -0.39 is 17.5 Å². The van der Waals surface area contributed by atoms with Crippen LogP contribution in [0.3, 0.4) is 0 Å². The Bertz CT molecular complexity index is 413. The Hall–Kier alpha value is -1.71. The van der Waals surface area contributed by atoms with E-state index in [4.69, 9.17) is 5.73 Å². The highest BCUT2D eigenvalue weighted by molar-refractivity contribution is 5.76. The van der Waals surface area contributed by atoms with Crippen LogP contribution in [0.25, 0.3) is 6.08 Å². The summed E-state index contributed by atoms with van der Waals surface area (Å²) in [5.41, 5.74) is 5.51. The van der Waals surface area contributed by atoms with Crippen LogP contribution in [0.1, 0.15) is 17.5 Å². The van der Waals surface area contributed by atoms with Crippen LogP contribution < -0.4 is 5.73 Å². The van der Waals surface area contributed by atoms with Gasteiger partial charge in [0.05, 0.1) is 0 Å². The van der Waals surface area contributed by atoms with Crippen LogP contribution >= 0.6 is 0 Å². The van der Waals surface area contributed by atoms with Gasteiger partial charge in [-0.25, -0.2) is 8.78 Å². The molecule has 0 heterocycles. The van der Waals surface area contributed by atoms with Crippen molar-refractivity contribution < 1.29 is 13.6 Å². The smallest absolute Gasteiger partial charge is 0.221 e. The second-order valence-corrected chi connectivity index (χ2v) is 3.20. The number of hydrogen-bond donors (Lipinski definition) is 1. The number of carbonyl (C=O) groups is 1. The zero-order valence-corrected chi connectivity index (χ0v) is 8.26. The zero-order valence-electron chi connectivity index (χ0n) is 8.26. The predicted octanol–water partition coefficient (Wildman–Crippen LogP) is 2.16. The molecule has 0 aromatic heterocycles. The molecule has 15 heavy (non-hydrogen) atoms. The molecular weight excluding hydrogens is 200 g/mol. The van der Waals surface area contributed by atoms with E-state index in [-0.39, 0.29) is 12.0 Å². The number of benzene rings is 1. The third-order valence-corrected chi connectivity index (χ3v) is 1.89. The van der Waals surface area contributed by atoms with Crippen LogP contribution in [0.2, 0.25) is 0 Å². The molecule has 0 saturated heterocycles. The molecule has 0 aliphatic heterocycles. The molecule has 0 bridgehead atoms. The van der Waals surface area contributed by atoms with Crippen LogP contribution in [-0.4, -0.2) is 5.91 Å². The van der Waals surface area contributed by atoms with E-state index in [1.807, 2.05) is 0 Å². The molecule has 1 aromatic rings. The highest BCUT2D eigenvalue weighted by atomic mass is 19.1. The molecule has 0 saturated carbocycles. The number of rotatable bonds is 3. The molecule has 0 aliphatic rings. The fraction of sp³-hybridized carbons (Fsp3) is 0.182. The average Bonchev–Trinajstić information content (AvgIpc) is 2.13. The standard InChI is InChI=1S/C11H11F2NO/c1-7-5-8(3-2-4-11(14)15)10(13)6-9(7)12/h2-3,5-6H,4H2,1H3,(H2,14,15). The average molecular weight is 211 g/mol. The lowest BCUT2D eigenvalue weighted by molar-refractivity contribution is -0.117. The van der Waals surface area contributed by atoms with Crippen molar-refractivity contribution in [2.24, 2.45) is 5.73 Å². The van der Waals surface area contributed by atoms with Crippen molar-refractivity contribution >= 4 is 12.0 Å². The van der Waals surface area contributed by atoms with Gasteiger partial charge < -0.3 is 5.73 Å². The van der Waals surface area contributed by atoms with Gasteiger partial charge in [0, 0.05) is 18.1 Å². The molecule has 1 amide bonds. The lowest BCUT2D eigenvalue weighted by atomic mass is 10.1. The lowest BCUT2D eigenvalue weighted by Gasteiger charge is -2.00. The molecule has 0 spiro atoms. The molecule has 2 N–H and O–H groups in total. The van der Waals surface area contributed by atoms with Crippen LogP contribution in [0.5, 0.6) is 0 Å². The normalized spacial score (nSPS) is 10.9. The molecule has 1 aromatic carbocycles. The van der Waals surface area contributed by atoms with Crippen molar-refractivity contribution in [1.29, 1.82) is 0 Å². The molecule has 0 atom stereocenters. The van der Waals surface area contributed by atoms with E-state index in [9.17, 15) is 13.6 Å². The number of primary amides is 1. The Labute approximate surface area is 86.4 Å². The van der Waals surface area contributed by atoms with Crippen LogP contribution in [0, 0.1) is 18.6 Å². The Morgan fingerprint density at radius 2 is 2.07 bits per heavy atom. The van der Waals surface area contributed by atoms with Gasteiger partial charge in [0.15, 0.2) is 0 Å². The van der Waals surface area contributed by atoms with Gasteiger partial charge in [0.1, 0.15) is 11.6 Å². The Morgan fingerprint density at radius 1 is 1.40 bits per heavy atom. The van der Waals surface area contributed by atoms with E-state index in [2.05, 4.69) is 0 Å². The van der Waals surface area contributed by atoms with Gasteiger partial charge in [-0.3, -0.25) is 4.79 Å². The Morgan fingerprint density at radius 3 is 2.67 bits per heavy atom. The fourth-order valence-electron chi connectivity index (χ4n) is 1.11. The van der Waals surface area contributed by atoms with Crippen molar-refractivity contribution in [3.8, 4) is 0 Å². The van der Waals surface area contributed by atoms with E-state index in [0.29, 0.717) is 5.56 Å². The minimum atomic E-state index is -0.654. The van der Waals surface area contributed by atoms with Crippen molar-refractivity contribution in [3.05, 3.63) is 41.0 Å². The summed E-state index contributed by atoms with van der Waals surface area (Å²) in [6.45, 7) is 1.54. The molecular formula is C11H11F2NO. The number of halogens is 2. The third kappa shape index (κ3) is 3.16. The van der Waals surface area contributed by atoms with Crippen LogP contribution in [0.4, 0.5) is 8.78 Å². The van der Waals surface area contributed by atoms with Crippen LogP contribution in [-0.2, 0) is 4.79 Å². The van der Waals surface area contributed by atoms with Crippen molar-refractivity contribution in [2.75, 3.05) is 0 Å². The molecule has 4 heteroatoms. The minimum absolute atomic E-state index is 0.0376. The van der Waals surface area contributed by atoms with Gasteiger partial charge >= 0.3 is 0 Å². The topological polar surface area (TPSA) is 43.1 Å². The third-order valence-electron chi connectivity index (χ3n) is 1.89. The highest BCUT2D eigenvalue weighted by Crippen LogP contribution is 2.15. The van der Waals surface area contributed by atoms with Gasteiger partial charge in [0.25, 0.3) is 0 Å². The molecule has 0 unspecified atom stereocenters. The molecule has 80 valence electrons. The second-order valence-electron chi connectivity index (χ2n) is 3.20. The SMILES string of the molecule is Cc1cc(C=CCC(N)=O)c(F)cc1F. The van der Waals surface area contributed by atoms with E-state index in [1.165, 1.54) is 18.2 Å². The summed E-state index contributed by atoms with van der Waals surface area (Å²) in [5.74, 6) is -1.73. The maximum absolute atomic E-state index is 13.1. The number of amides is 1. The number of carbonyl (C=O) groups excluding carboxylic acids is 1. The molecule has 0 fully saturated rings. The number of hydrogen-bond acceptors (Lipinski definition) is 1. The Balaban J connectivity index is 2.90. The van der Waals surface area contributed by atoms with Gasteiger partial charge in [-0.2, -0.15) is 0 Å². The number of aryl methyl sites for hydroxylation is 1. The maximum Gasteiger partial charge on any atom is 0.221 e. The van der Waals surface area contributed by atoms with Crippen molar-refractivity contribution in [3.63, 3.8) is 0 Å². The van der Waals surface area contributed by atoms with Gasteiger partial charge in [-0.05, 0) is 18.6 Å². The monoisotopic (exact) mass is 211 g/mol. The summed E-state index contributed by atoms with van der Waals surface area (Å²) >= 11 is 0. The first-order chi connectivity index (χ1) is 7.00. The molecule has 0 radical (unpaired) electrons. The first kappa shape index (κ1) is 11.4. The summed E-state index contributed by atoms with van der Waals surface area (Å²) in [5, 5.41) is 0.